The first kappa shape index (κ1) is 32.1. The minimum Gasteiger partial charge on any atom is -0.416 e. The van der Waals surface area contributed by atoms with Crippen molar-refractivity contribution in [2.45, 2.75) is 154 Å². The Labute approximate surface area is 240 Å². The van der Waals surface area contributed by atoms with E-state index < -0.39 is 8.32 Å². The van der Waals surface area contributed by atoms with Crippen molar-refractivity contribution in [2.24, 2.45) is 5.92 Å². The molecule has 0 aromatic heterocycles. The second-order valence-electron chi connectivity index (χ2n) is 13.5. The van der Waals surface area contributed by atoms with E-state index in [0.29, 0.717) is 22.2 Å². The summed E-state index contributed by atoms with van der Waals surface area (Å²) >= 11 is 3.61. The van der Waals surface area contributed by atoms with Crippen LogP contribution in [-0.2, 0) is 4.43 Å². The Bertz CT molecular complexity index is 596. The van der Waals surface area contributed by atoms with E-state index in [1.54, 1.807) is 0 Å². The van der Waals surface area contributed by atoms with Gasteiger partial charge in [-0.3, -0.25) is 0 Å². The van der Waals surface area contributed by atoms with Crippen LogP contribution in [0.25, 0.3) is 0 Å². The highest BCUT2D eigenvalue weighted by Gasteiger charge is 2.60. The predicted octanol–water partition coefficient (Wildman–Crippen LogP) is 9.17. The van der Waals surface area contributed by atoms with E-state index in [1.807, 2.05) is 0 Å². The zero-order valence-electron chi connectivity index (χ0n) is 25.6. The smallest absolute Gasteiger partial charge is 0.200 e. The van der Waals surface area contributed by atoms with Gasteiger partial charge < -0.3 is 4.43 Å². The molecule has 37 heavy (non-hydrogen) atoms. The van der Waals surface area contributed by atoms with Crippen molar-refractivity contribution in [3.8, 4) is 0 Å². The molecule has 218 valence electrons. The summed E-state index contributed by atoms with van der Waals surface area (Å²) in [5, 5.41) is 9.67. The number of hydrogen-bond acceptors (Lipinski definition) is 4. The van der Waals surface area contributed by atoms with Crippen molar-refractivity contribution in [3.05, 3.63) is 0 Å². The van der Waals surface area contributed by atoms with E-state index in [9.17, 15) is 0 Å². The van der Waals surface area contributed by atoms with Gasteiger partial charge in [0.15, 0.2) is 8.32 Å². The molecule has 0 N–H and O–H groups in total. The molecular formula is C31H62BrN3OSi. The number of alkyl halides is 1. The molecule has 0 amide bonds. The Balaban J connectivity index is 1.73. The Morgan fingerprint density at radius 1 is 0.757 bits per heavy atom. The van der Waals surface area contributed by atoms with Gasteiger partial charge in [-0.05, 0) is 73.9 Å². The minimum atomic E-state index is -1.79. The molecule has 0 radical (unpaired) electrons. The van der Waals surface area contributed by atoms with E-state index in [0.717, 1.165) is 17.9 Å². The number of halogens is 1. The van der Waals surface area contributed by atoms with Gasteiger partial charge in [0.2, 0.25) is 0 Å². The molecule has 0 bridgehead atoms. The van der Waals surface area contributed by atoms with Crippen molar-refractivity contribution in [1.29, 1.82) is 0 Å². The van der Waals surface area contributed by atoms with Gasteiger partial charge >= 0.3 is 0 Å². The van der Waals surface area contributed by atoms with Crippen LogP contribution in [0, 0.1) is 5.92 Å². The molecule has 0 spiro atoms. The molecule has 4 nitrogen and oxygen atoms in total. The maximum atomic E-state index is 7.09. The van der Waals surface area contributed by atoms with Crippen LogP contribution in [0.1, 0.15) is 131 Å². The molecule has 2 atom stereocenters. The SMILES string of the molecule is CC(C)[Si](OCCC1C[C@]1(CCCCCCCBr)N(N1CCCCC1)N1CCCCC1)(C(C)C)C(C)C. The molecule has 2 aliphatic heterocycles. The molecule has 1 unspecified atom stereocenters. The van der Waals surface area contributed by atoms with E-state index in [1.165, 1.54) is 116 Å². The minimum absolute atomic E-state index is 0.352. The molecule has 6 heteroatoms. The van der Waals surface area contributed by atoms with Crippen LogP contribution in [0.2, 0.25) is 16.6 Å². The Morgan fingerprint density at radius 2 is 1.24 bits per heavy atom. The molecule has 3 aliphatic rings. The summed E-state index contributed by atoms with van der Waals surface area (Å²) in [6.07, 6.45) is 19.2. The number of rotatable bonds is 17. The van der Waals surface area contributed by atoms with E-state index in [-0.39, 0.29) is 0 Å². The van der Waals surface area contributed by atoms with Gasteiger partial charge in [0, 0.05) is 38.1 Å². The third kappa shape index (κ3) is 8.06. The fourth-order valence-corrected chi connectivity index (χ4v) is 14.1. The van der Waals surface area contributed by atoms with E-state index in [2.05, 4.69) is 72.6 Å². The normalized spacial score (nSPS) is 26.2. The maximum Gasteiger partial charge on any atom is 0.200 e. The summed E-state index contributed by atoms with van der Waals surface area (Å²) in [6.45, 7) is 20.6. The van der Waals surface area contributed by atoms with Gasteiger partial charge in [0.05, 0.1) is 5.54 Å². The van der Waals surface area contributed by atoms with Gasteiger partial charge in [0.25, 0.3) is 0 Å². The maximum absolute atomic E-state index is 7.09. The van der Waals surface area contributed by atoms with Crippen LogP contribution in [0.3, 0.4) is 0 Å². The van der Waals surface area contributed by atoms with Crippen molar-refractivity contribution in [3.63, 3.8) is 0 Å². The summed E-state index contributed by atoms with van der Waals surface area (Å²) in [5.41, 5.74) is 2.38. The molecule has 3 rings (SSSR count). The highest BCUT2D eigenvalue weighted by molar-refractivity contribution is 9.09. The lowest BCUT2D eigenvalue weighted by Crippen LogP contribution is -2.62. The van der Waals surface area contributed by atoms with Crippen LogP contribution in [-0.4, -0.2) is 67.1 Å². The average Bonchev–Trinajstić information content (AvgIpc) is 3.57. The lowest BCUT2D eigenvalue weighted by Gasteiger charge is -2.50. The quantitative estimate of drug-likeness (QED) is 0.0941. The first-order valence-corrected chi connectivity index (χ1v) is 19.6. The number of hydrazine groups is 2. The standard InChI is InChI=1S/C31H62BrN3OSi/c1-27(2)37(28(3)4,29(5)6)36-25-18-30-26-31(30,19-12-8-7-9-13-20-32)35(33-21-14-10-15-22-33)34-23-16-11-17-24-34/h27-30H,7-26H2,1-6H3/t30?,31-/m0/s1. The van der Waals surface area contributed by atoms with Crippen molar-refractivity contribution < 1.29 is 4.43 Å². The molecule has 1 saturated carbocycles. The fraction of sp³-hybridized carbons (Fsp3) is 1.00. The number of unbranched alkanes of at least 4 members (excludes halogenated alkanes) is 4. The lowest BCUT2D eigenvalue weighted by atomic mass is 10.0. The zero-order chi connectivity index (χ0) is 26.9. The topological polar surface area (TPSA) is 19.0 Å². The Hall–Kier alpha value is 0.537. The van der Waals surface area contributed by atoms with Crippen molar-refractivity contribution in [2.75, 3.05) is 38.1 Å². The van der Waals surface area contributed by atoms with Gasteiger partial charge in [-0.2, -0.15) is 5.12 Å². The average molecular weight is 601 g/mol. The molecule has 2 heterocycles. The molecule has 2 saturated heterocycles. The highest BCUT2D eigenvalue weighted by atomic mass is 79.9. The summed E-state index contributed by atoms with van der Waals surface area (Å²) in [5.74, 6) is 0.789. The fourth-order valence-electron chi connectivity index (χ4n) is 8.20. The Morgan fingerprint density at radius 3 is 1.73 bits per heavy atom. The number of piperidine rings is 2. The Kier molecular flexibility index (Phi) is 13.4. The zero-order valence-corrected chi connectivity index (χ0v) is 28.2. The second kappa shape index (κ2) is 15.5. The van der Waals surface area contributed by atoms with Crippen LogP contribution in [0.4, 0.5) is 0 Å². The molecule has 1 aliphatic carbocycles. The van der Waals surface area contributed by atoms with Gasteiger partial charge in [-0.25, -0.2) is 10.0 Å². The summed E-state index contributed by atoms with van der Waals surface area (Å²) in [4.78, 5) is 0. The summed E-state index contributed by atoms with van der Waals surface area (Å²) < 4.78 is 7.09. The number of nitrogens with zero attached hydrogens (tertiary/aromatic N) is 3. The second-order valence-corrected chi connectivity index (χ2v) is 19.7. The molecule has 3 fully saturated rings. The van der Waals surface area contributed by atoms with Gasteiger partial charge in [-0.15, -0.1) is 0 Å². The van der Waals surface area contributed by atoms with Crippen LogP contribution >= 0.6 is 15.9 Å². The highest BCUT2D eigenvalue weighted by Crippen LogP contribution is 2.56. The van der Waals surface area contributed by atoms with E-state index >= 15 is 0 Å². The third-order valence-electron chi connectivity index (χ3n) is 10.1. The monoisotopic (exact) mass is 599 g/mol. The predicted molar refractivity (Wildman–Crippen MR) is 167 cm³/mol. The van der Waals surface area contributed by atoms with Crippen LogP contribution in [0.5, 0.6) is 0 Å². The molecule has 0 aromatic rings. The summed E-state index contributed by atoms with van der Waals surface area (Å²) in [7, 11) is -1.79. The van der Waals surface area contributed by atoms with Crippen molar-refractivity contribution >= 4 is 24.2 Å². The largest absolute Gasteiger partial charge is 0.416 e. The first-order valence-electron chi connectivity index (χ1n) is 16.3. The van der Waals surface area contributed by atoms with Gasteiger partial charge in [0.1, 0.15) is 0 Å². The summed E-state index contributed by atoms with van der Waals surface area (Å²) in [6, 6.07) is 0. The lowest BCUT2D eigenvalue weighted by molar-refractivity contribution is -0.238. The first-order chi connectivity index (χ1) is 17.8. The van der Waals surface area contributed by atoms with Gasteiger partial charge in [-0.1, -0.05) is 96.0 Å². The van der Waals surface area contributed by atoms with E-state index in [4.69, 9.17) is 4.43 Å². The molecule has 0 aromatic carbocycles. The van der Waals surface area contributed by atoms with Crippen LogP contribution < -0.4 is 0 Å². The third-order valence-corrected chi connectivity index (χ3v) is 16.7. The number of hydrogen-bond donors (Lipinski definition) is 0. The van der Waals surface area contributed by atoms with Crippen molar-refractivity contribution in [1.82, 2.24) is 15.1 Å². The van der Waals surface area contributed by atoms with Crippen LogP contribution in [0.15, 0.2) is 0 Å². The molecular weight excluding hydrogens is 538 g/mol.